The largest absolute Gasteiger partial charge is 0.499 e. The lowest BCUT2D eigenvalue weighted by atomic mass is 10.0. The molecule has 1 nitrogen and oxygen atoms in total. The highest BCUT2D eigenvalue weighted by molar-refractivity contribution is 5.30. The molecule has 82 valence electrons. The van der Waals surface area contributed by atoms with E-state index >= 15 is 0 Å². The zero-order chi connectivity index (χ0) is 11.3. The molecule has 0 atom stereocenters. The molecule has 0 aliphatic rings. The molecular weight excluding hydrogens is 184 g/mol. The Kier molecular flexibility index (Phi) is 4.41. The first-order valence-corrected chi connectivity index (χ1v) is 5.50. The first kappa shape index (κ1) is 11.8. The number of allylic oxidation sites excluding steroid dienone is 1. The average molecular weight is 204 g/mol. The molecule has 0 aromatic heterocycles. The first-order chi connectivity index (χ1) is 7.13. The summed E-state index contributed by atoms with van der Waals surface area (Å²) in [4.78, 5) is 0. The Hall–Kier alpha value is -1.24. The van der Waals surface area contributed by atoms with Gasteiger partial charge in [-0.05, 0) is 38.3 Å². The van der Waals surface area contributed by atoms with Crippen molar-refractivity contribution in [3.8, 4) is 0 Å². The summed E-state index contributed by atoms with van der Waals surface area (Å²) >= 11 is 0. The monoisotopic (exact) mass is 204 g/mol. The summed E-state index contributed by atoms with van der Waals surface area (Å²) in [6.07, 6.45) is 1.93. The molecule has 0 aliphatic carbocycles. The van der Waals surface area contributed by atoms with E-state index in [1.807, 2.05) is 6.92 Å². The fraction of sp³-hybridized carbons (Fsp3) is 0.429. The van der Waals surface area contributed by atoms with Gasteiger partial charge in [-0.1, -0.05) is 30.3 Å². The predicted molar refractivity (Wildman–Crippen MR) is 65.0 cm³/mol. The summed E-state index contributed by atoms with van der Waals surface area (Å²) in [5, 5.41) is 0. The Labute approximate surface area is 92.8 Å². The van der Waals surface area contributed by atoms with Crippen LogP contribution >= 0.6 is 0 Å². The highest BCUT2D eigenvalue weighted by Gasteiger charge is 2.00. The van der Waals surface area contributed by atoms with Gasteiger partial charge in [-0.2, -0.15) is 0 Å². The molecule has 0 aliphatic heterocycles. The molecule has 0 saturated heterocycles. The minimum absolute atomic E-state index is 0.714. The van der Waals surface area contributed by atoms with Crippen LogP contribution in [0.5, 0.6) is 0 Å². The summed E-state index contributed by atoms with van der Waals surface area (Å²) in [7, 11) is 0. The van der Waals surface area contributed by atoms with Crippen LogP contribution in [-0.2, 0) is 11.2 Å². The van der Waals surface area contributed by atoms with Crippen LogP contribution in [0.1, 0.15) is 30.0 Å². The lowest BCUT2D eigenvalue weighted by Gasteiger charge is -2.09. The van der Waals surface area contributed by atoms with Crippen LogP contribution in [0, 0.1) is 13.8 Å². The number of benzene rings is 1. The first-order valence-electron chi connectivity index (χ1n) is 5.50. The van der Waals surface area contributed by atoms with Crippen LogP contribution in [0.25, 0.3) is 0 Å². The zero-order valence-corrected chi connectivity index (χ0v) is 9.97. The normalized spacial score (nSPS) is 10.1. The van der Waals surface area contributed by atoms with Gasteiger partial charge in [0.25, 0.3) is 0 Å². The highest BCUT2D eigenvalue weighted by atomic mass is 16.5. The fourth-order valence-corrected chi connectivity index (χ4v) is 1.68. The summed E-state index contributed by atoms with van der Waals surface area (Å²) in [5.41, 5.74) is 4.07. The van der Waals surface area contributed by atoms with E-state index in [0.29, 0.717) is 6.61 Å². The molecule has 1 rings (SSSR count). The van der Waals surface area contributed by atoms with Gasteiger partial charge < -0.3 is 4.74 Å². The number of hydrogen-bond donors (Lipinski definition) is 0. The van der Waals surface area contributed by atoms with Crippen LogP contribution in [0.2, 0.25) is 0 Å². The minimum Gasteiger partial charge on any atom is -0.499 e. The van der Waals surface area contributed by atoms with Crippen molar-refractivity contribution in [1.82, 2.24) is 0 Å². The molecule has 0 N–H and O–H groups in total. The Bertz CT molecular complexity index is 339. The maximum atomic E-state index is 5.33. The Morgan fingerprint density at radius 1 is 1.33 bits per heavy atom. The maximum absolute atomic E-state index is 5.33. The second-order valence-corrected chi connectivity index (χ2v) is 3.90. The van der Waals surface area contributed by atoms with Gasteiger partial charge in [-0.15, -0.1) is 0 Å². The van der Waals surface area contributed by atoms with Gasteiger partial charge in [0.2, 0.25) is 0 Å². The Balaban J connectivity index is 2.54. The highest BCUT2D eigenvalue weighted by Crippen LogP contribution is 2.14. The van der Waals surface area contributed by atoms with Crippen LogP contribution in [0.15, 0.2) is 30.5 Å². The molecule has 1 aromatic rings. The van der Waals surface area contributed by atoms with Crippen molar-refractivity contribution in [2.45, 2.75) is 33.6 Å². The van der Waals surface area contributed by atoms with Crippen molar-refractivity contribution in [2.75, 3.05) is 6.61 Å². The van der Waals surface area contributed by atoms with Gasteiger partial charge in [-0.3, -0.25) is 0 Å². The van der Waals surface area contributed by atoms with E-state index in [1.165, 1.54) is 16.7 Å². The summed E-state index contributed by atoms with van der Waals surface area (Å²) in [6.45, 7) is 10.9. The molecule has 0 unspecified atom stereocenters. The van der Waals surface area contributed by atoms with E-state index in [0.717, 1.165) is 18.6 Å². The van der Waals surface area contributed by atoms with Gasteiger partial charge in [0.1, 0.15) is 0 Å². The Morgan fingerprint density at radius 3 is 2.67 bits per heavy atom. The van der Waals surface area contributed by atoms with E-state index in [2.05, 4.69) is 38.6 Å². The predicted octanol–water partition coefficient (Wildman–Crippen LogP) is 3.79. The van der Waals surface area contributed by atoms with Crippen LogP contribution in [0.3, 0.4) is 0 Å². The van der Waals surface area contributed by atoms with Gasteiger partial charge >= 0.3 is 0 Å². The quantitative estimate of drug-likeness (QED) is 0.663. The number of rotatable bonds is 5. The molecular formula is C14H20O. The number of aryl methyl sites for hydroxylation is 3. The molecule has 0 radical (unpaired) electrons. The summed E-state index contributed by atoms with van der Waals surface area (Å²) in [6, 6.07) is 6.58. The van der Waals surface area contributed by atoms with Gasteiger partial charge in [0.15, 0.2) is 0 Å². The van der Waals surface area contributed by atoms with Crippen molar-refractivity contribution < 1.29 is 4.74 Å². The lowest BCUT2D eigenvalue weighted by Crippen LogP contribution is -1.95. The molecule has 0 amide bonds. The summed E-state index contributed by atoms with van der Waals surface area (Å²) in [5.74, 6) is 0.887. The van der Waals surface area contributed by atoms with E-state index in [4.69, 9.17) is 4.74 Å². The minimum atomic E-state index is 0.714. The van der Waals surface area contributed by atoms with E-state index in [1.54, 1.807) is 0 Å². The third-order valence-electron chi connectivity index (χ3n) is 2.52. The van der Waals surface area contributed by atoms with Crippen LogP contribution in [-0.4, -0.2) is 6.61 Å². The smallest absolute Gasteiger partial charge is 0.0891 e. The molecule has 0 heterocycles. The third-order valence-corrected chi connectivity index (χ3v) is 2.52. The lowest BCUT2D eigenvalue weighted by molar-refractivity contribution is 0.220. The second-order valence-electron chi connectivity index (χ2n) is 3.90. The fourth-order valence-electron chi connectivity index (χ4n) is 1.68. The van der Waals surface area contributed by atoms with Gasteiger partial charge in [-0.25, -0.2) is 0 Å². The molecule has 0 fully saturated rings. The van der Waals surface area contributed by atoms with Crippen molar-refractivity contribution >= 4 is 0 Å². The molecule has 0 bridgehead atoms. The maximum Gasteiger partial charge on any atom is 0.0891 e. The van der Waals surface area contributed by atoms with Crippen molar-refractivity contribution in [3.05, 3.63) is 47.2 Å². The standard InChI is InChI=1S/C14H20O/c1-5-15-13(4)7-9-14-8-6-11(2)10-12(14)3/h6,8,10H,4-5,7,9H2,1-3H3. The van der Waals surface area contributed by atoms with Crippen LogP contribution in [0.4, 0.5) is 0 Å². The molecule has 1 heteroatoms. The van der Waals surface area contributed by atoms with Gasteiger partial charge in [0, 0.05) is 6.42 Å². The number of ether oxygens (including phenoxy) is 1. The zero-order valence-electron chi connectivity index (χ0n) is 9.97. The second kappa shape index (κ2) is 5.59. The molecule has 0 saturated carbocycles. The Morgan fingerprint density at radius 2 is 2.07 bits per heavy atom. The third kappa shape index (κ3) is 3.78. The topological polar surface area (TPSA) is 9.23 Å². The average Bonchev–Trinajstić information content (AvgIpc) is 2.17. The molecule has 0 spiro atoms. The van der Waals surface area contributed by atoms with Gasteiger partial charge in [0.05, 0.1) is 12.4 Å². The SMILES string of the molecule is C=C(CCc1ccc(C)cc1C)OCC. The molecule has 15 heavy (non-hydrogen) atoms. The molecule has 1 aromatic carbocycles. The van der Waals surface area contributed by atoms with Crippen molar-refractivity contribution in [3.63, 3.8) is 0 Å². The summed E-state index contributed by atoms with van der Waals surface area (Å²) < 4.78 is 5.33. The van der Waals surface area contributed by atoms with E-state index < -0.39 is 0 Å². The van der Waals surface area contributed by atoms with Crippen molar-refractivity contribution in [2.24, 2.45) is 0 Å². The van der Waals surface area contributed by atoms with E-state index in [-0.39, 0.29) is 0 Å². The van der Waals surface area contributed by atoms with E-state index in [9.17, 15) is 0 Å². The number of hydrogen-bond acceptors (Lipinski definition) is 1. The van der Waals surface area contributed by atoms with Crippen LogP contribution < -0.4 is 0 Å². The van der Waals surface area contributed by atoms with Crippen molar-refractivity contribution in [1.29, 1.82) is 0 Å².